The third-order valence-corrected chi connectivity index (χ3v) is 3.49. The van der Waals surface area contributed by atoms with Crippen molar-refractivity contribution in [2.75, 3.05) is 32.2 Å². The van der Waals surface area contributed by atoms with Gasteiger partial charge in [-0.05, 0) is 6.07 Å². The van der Waals surface area contributed by atoms with E-state index in [1.807, 2.05) is 0 Å². The highest BCUT2D eigenvalue weighted by atomic mass is 16.6. The molecule has 8 heteroatoms. The molecule has 0 saturated carbocycles. The Morgan fingerprint density at radius 3 is 2.54 bits per heavy atom. The molecule has 2 rings (SSSR count). The zero-order valence-corrected chi connectivity index (χ0v) is 14.1. The van der Waals surface area contributed by atoms with E-state index < -0.39 is 17.5 Å². The van der Waals surface area contributed by atoms with Crippen molar-refractivity contribution in [3.8, 4) is 0 Å². The number of carbonyl (C=O) groups excluding carboxylic acids is 2. The highest BCUT2D eigenvalue weighted by Crippen LogP contribution is 2.23. The van der Waals surface area contributed by atoms with Gasteiger partial charge in [-0.25, -0.2) is 4.79 Å². The summed E-state index contributed by atoms with van der Waals surface area (Å²) in [7, 11) is 1.53. The van der Waals surface area contributed by atoms with Crippen LogP contribution >= 0.6 is 0 Å². The summed E-state index contributed by atoms with van der Waals surface area (Å²) in [6.45, 7) is 0.332. The van der Waals surface area contributed by atoms with Gasteiger partial charge in [0.25, 0.3) is 5.69 Å². The van der Waals surface area contributed by atoms with Crippen LogP contribution in [0.4, 0.5) is 11.4 Å². The maximum Gasteiger partial charge on any atom is 0.340 e. The van der Waals surface area contributed by atoms with Crippen molar-refractivity contribution in [2.45, 2.75) is 0 Å². The Labute approximate surface area is 149 Å². The van der Waals surface area contributed by atoms with Crippen LogP contribution in [-0.2, 0) is 9.47 Å². The summed E-state index contributed by atoms with van der Waals surface area (Å²) in [6.07, 6.45) is 0. The number of nitrogens with one attached hydrogen (secondary N) is 1. The van der Waals surface area contributed by atoms with Crippen molar-refractivity contribution in [3.05, 3.63) is 69.8 Å². The van der Waals surface area contributed by atoms with Crippen molar-refractivity contribution in [1.82, 2.24) is 0 Å². The topological polar surface area (TPSA) is 108 Å². The maximum atomic E-state index is 12.3. The van der Waals surface area contributed by atoms with Crippen LogP contribution in [0.2, 0.25) is 0 Å². The van der Waals surface area contributed by atoms with E-state index in [-0.39, 0.29) is 17.0 Å². The van der Waals surface area contributed by atoms with Gasteiger partial charge < -0.3 is 14.8 Å². The Hall–Kier alpha value is -3.26. The van der Waals surface area contributed by atoms with Crippen LogP contribution in [0.5, 0.6) is 0 Å². The number of benzene rings is 2. The second-order valence-corrected chi connectivity index (χ2v) is 5.27. The van der Waals surface area contributed by atoms with Crippen LogP contribution in [-0.4, -0.2) is 43.5 Å². The van der Waals surface area contributed by atoms with Gasteiger partial charge in [-0.3, -0.25) is 14.9 Å². The molecule has 0 bridgehead atoms. The molecule has 136 valence electrons. The molecule has 26 heavy (non-hydrogen) atoms. The molecule has 0 aromatic heterocycles. The van der Waals surface area contributed by atoms with E-state index in [1.165, 1.54) is 19.2 Å². The number of nitrogens with zero attached hydrogens (tertiary/aromatic N) is 1. The van der Waals surface area contributed by atoms with Crippen molar-refractivity contribution < 1.29 is 24.0 Å². The average Bonchev–Trinajstić information content (AvgIpc) is 2.66. The molecule has 0 unspecified atom stereocenters. The highest BCUT2D eigenvalue weighted by Gasteiger charge is 2.19. The van der Waals surface area contributed by atoms with Crippen molar-refractivity contribution in [2.24, 2.45) is 0 Å². The third kappa shape index (κ3) is 5.12. The second kappa shape index (κ2) is 9.28. The average molecular weight is 358 g/mol. The molecule has 1 N–H and O–H groups in total. The highest BCUT2D eigenvalue weighted by molar-refractivity contribution is 6.01. The molecule has 0 amide bonds. The van der Waals surface area contributed by atoms with Crippen LogP contribution in [0.1, 0.15) is 20.7 Å². The summed E-state index contributed by atoms with van der Waals surface area (Å²) in [4.78, 5) is 34.7. The van der Waals surface area contributed by atoms with Crippen molar-refractivity contribution >= 4 is 23.1 Å². The number of hydrogen-bond acceptors (Lipinski definition) is 7. The van der Waals surface area contributed by atoms with Crippen molar-refractivity contribution in [1.29, 1.82) is 0 Å². The van der Waals surface area contributed by atoms with E-state index in [9.17, 15) is 19.7 Å². The van der Waals surface area contributed by atoms with E-state index in [2.05, 4.69) is 5.32 Å². The number of nitro groups is 1. The van der Waals surface area contributed by atoms with Gasteiger partial charge in [0.05, 0.1) is 17.1 Å². The summed E-state index contributed by atoms with van der Waals surface area (Å²) >= 11 is 0. The fourth-order valence-corrected chi connectivity index (χ4v) is 2.17. The van der Waals surface area contributed by atoms with Gasteiger partial charge in [-0.2, -0.15) is 0 Å². The first-order chi connectivity index (χ1) is 12.5. The largest absolute Gasteiger partial charge is 0.454 e. The zero-order chi connectivity index (χ0) is 18.9. The zero-order valence-electron chi connectivity index (χ0n) is 14.1. The summed E-state index contributed by atoms with van der Waals surface area (Å²) in [5.41, 5.74) is 0.516. The molecule has 0 saturated heterocycles. The number of anilines is 1. The Morgan fingerprint density at radius 1 is 1.15 bits per heavy atom. The molecule has 0 heterocycles. The molecule has 2 aromatic carbocycles. The first kappa shape index (κ1) is 19.1. The second-order valence-electron chi connectivity index (χ2n) is 5.27. The van der Waals surface area contributed by atoms with Crippen LogP contribution in [0.15, 0.2) is 48.5 Å². The summed E-state index contributed by atoms with van der Waals surface area (Å²) in [6, 6.07) is 12.2. The molecule has 2 aromatic rings. The summed E-state index contributed by atoms with van der Waals surface area (Å²) < 4.78 is 9.97. The number of hydrogen-bond donors (Lipinski definition) is 1. The first-order valence-corrected chi connectivity index (χ1v) is 7.79. The Bertz CT molecular complexity index is 792. The van der Waals surface area contributed by atoms with E-state index in [0.717, 1.165) is 6.07 Å². The predicted octanol–water partition coefficient (Wildman–Crippen LogP) is 2.69. The van der Waals surface area contributed by atoms with Gasteiger partial charge in [-0.1, -0.05) is 30.3 Å². The molecule has 0 aliphatic heterocycles. The van der Waals surface area contributed by atoms with Gasteiger partial charge in [-0.15, -0.1) is 0 Å². The van der Waals surface area contributed by atoms with Crippen molar-refractivity contribution in [3.63, 3.8) is 0 Å². The quantitative estimate of drug-likeness (QED) is 0.241. The first-order valence-electron chi connectivity index (χ1n) is 7.79. The number of non-ortho nitro benzene ring substituents is 1. The molecule has 8 nitrogen and oxygen atoms in total. The number of carbonyl (C=O) groups is 2. The smallest absolute Gasteiger partial charge is 0.340 e. The molecule has 0 spiro atoms. The number of nitro benzene ring substituents is 1. The van der Waals surface area contributed by atoms with Crippen LogP contribution in [0.25, 0.3) is 0 Å². The minimum atomic E-state index is -0.821. The lowest BCUT2D eigenvalue weighted by molar-refractivity contribution is -0.384. The van der Waals surface area contributed by atoms with Gasteiger partial charge >= 0.3 is 5.97 Å². The van der Waals surface area contributed by atoms with E-state index in [4.69, 9.17) is 9.47 Å². The number of methoxy groups -OCH3 is 1. The Morgan fingerprint density at radius 2 is 1.88 bits per heavy atom. The lowest BCUT2D eigenvalue weighted by atomic mass is 10.1. The van der Waals surface area contributed by atoms with E-state index in [1.54, 1.807) is 30.3 Å². The standard InChI is InChI=1S/C18H18N2O6/c1-25-10-9-19-16-8-7-14(20(23)24)11-15(16)18(22)26-12-17(21)13-5-3-2-4-6-13/h2-8,11,19H,9-10,12H2,1H3. The van der Waals surface area contributed by atoms with Crippen LogP contribution in [0.3, 0.4) is 0 Å². The van der Waals surface area contributed by atoms with E-state index in [0.29, 0.717) is 24.4 Å². The van der Waals surface area contributed by atoms with E-state index >= 15 is 0 Å². The monoisotopic (exact) mass is 358 g/mol. The number of esters is 1. The van der Waals surface area contributed by atoms with Gasteiger partial charge in [0.15, 0.2) is 12.4 Å². The maximum absolute atomic E-state index is 12.3. The predicted molar refractivity (Wildman–Crippen MR) is 94.5 cm³/mol. The molecule has 0 fully saturated rings. The molecule has 0 aliphatic carbocycles. The number of rotatable bonds is 9. The van der Waals surface area contributed by atoms with Gasteiger partial charge in [0, 0.05) is 37.0 Å². The van der Waals surface area contributed by atoms with Gasteiger partial charge in [0.2, 0.25) is 0 Å². The summed E-state index contributed by atoms with van der Waals surface area (Å²) in [5, 5.41) is 13.9. The normalized spacial score (nSPS) is 10.2. The number of ketones is 1. The molecule has 0 atom stereocenters. The van der Waals surface area contributed by atoms with Gasteiger partial charge in [0.1, 0.15) is 0 Å². The molecule has 0 aliphatic rings. The number of ether oxygens (including phenoxy) is 2. The number of Topliss-reactive ketones (excluding diaryl/α,β-unsaturated/α-hetero) is 1. The summed E-state index contributed by atoms with van der Waals surface area (Å²) in [5.74, 6) is -1.18. The Balaban J connectivity index is 2.13. The molecular weight excluding hydrogens is 340 g/mol. The minimum absolute atomic E-state index is 0.0174. The fourth-order valence-electron chi connectivity index (χ4n) is 2.17. The SMILES string of the molecule is COCCNc1ccc([N+](=O)[O-])cc1C(=O)OCC(=O)c1ccccc1. The van der Waals surface area contributed by atoms with Crippen LogP contribution < -0.4 is 5.32 Å². The third-order valence-electron chi connectivity index (χ3n) is 3.49. The van der Waals surface area contributed by atoms with Crippen LogP contribution in [0, 0.1) is 10.1 Å². The lowest BCUT2D eigenvalue weighted by Gasteiger charge is -2.11. The lowest BCUT2D eigenvalue weighted by Crippen LogP contribution is -2.17. The minimum Gasteiger partial charge on any atom is -0.454 e. The Kier molecular flexibility index (Phi) is 6.81. The fraction of sp³-hybridized carbons (Fsp3) is 0.222. The molecular formula is C18H18N2O6. The molecule has 0 radical (unpaired) electrons.